The van der Waals surface area contributed by atoms with Gasteiger partial charge in [0, 0.05) is 6.04 Å². The fourth-order valence-electron chi connectivity index (χ4n) is 3.01. The van der Waals surface area contributed by atoms with Crippen molar-refractivity contribution in [1.82, 2.24) is 5.32 Å². The number of hydrogen-bond acceptors (Lipinski definition) is 3. The Kier molecular flexibility index (Phi) is 6.19. The Balaban J connectivity index is 1.94. The molecule has 2 rings (SSSR count). The minimum Gasteiger partial charge on any atom is -0.490 e. The topological polar surface area (TPSA) is 30.5 Å². The third kappa shape index (κ3) is 4.14. The minimum absolute atomic E-state index is 0.456. The van der Waals surface area contributed by atoms with Crippen molar-refractivity contribution in [3.8, 4) is 11.5 Å². The van der Waals surface area contributed by atoms with Crippen LogP contribution in [0, 0.1) is 5.92 Å². The lowest BCUT2D eigenvalue weighted by atomic mass is 9.99. The number of rotatable bonds is 8. The number of hydrogen-bond donors (Lipinski definition) is 1. The summed E-state index contributed by atoms with van der Waals surface area (Å²) in [5.41, 5.74) is 0. The Morgan fingerprint density at radius 1 is 1.10 bits per heavy atom. The molecule has 0 radical (unpaired) electrons. The SMILES string of the molecule is CCNC(COc1ccccc1OCC)C1CCCC1. The first-order valence-corrected chi connectivity index (χ1v) is 7.93. The second kappa shape index (κ2) is 8.15. The van der Waals surface area contributed by atoms with Gasteiger partial charge in [0.1, 0.15) is 6.61 Å². The number of benzene rings is 1. The van der Waals surface area contributed by atoms with Crippen molar-refractivity contribution in [2.45, 2.75) is 45.6 Å². The van der Waals surface area contributed by atoms with Crippen molar-refractivity contribution in [2.75, 3.05) is 19.8 Å². The zero-order chi connectivity index (χ0) is 14.2. The van der Waals surface area contributed by atoms with E-state index in [0.717, 1.165) is 30.6 Å². The molecular formula is C17H27NO2. The summed E-state index contributed by atoms with van der Waals surface area (Å²) in [7, 11) is 0. The van der Waals surface area contributed by atoms with Gasteiger partial charge in [-0.3, -0.25) is 0 Å². The Morgan fingerprint density at radius 3 is 2.35 bits per heavy atom. The van der Waals surface area contributed by atoms with Crippen LogP contribution in [0.15, 0.2) is 24.3 Å². The summed E-state index contributed by atoms with van der Waals surface area (Å²) >= 11 is 0. The Morgan fingerprint density at radius 2 is 1.75 bits per heavy atom. The molecule has 1 N–H and O–H groups in total. The van der Waals surface area contributed by atoms with Gasteiger partial charge >= 0.3 is 0 Å². The maximum atomic E-state index is 6.03. The maximum absolute atomic E-state index is 6.03. The fourth-order valence-corrected chi connectivity index (χ4v) is 3.01. The molecule has 3 nitrogen and oxygen atoms in total. The van der Waals surface area contributed by atoms with Crippen molar-refractivity contribution in [1.29, 1.82) is 0 Å². The van der Waals surface area contributed by atoms with Gasteiger partial charge in [-0.05, 0) is 44.4 Å². The average Bonchev–Trinajstić information content (AvgIpc) is 2.99. The van der Waals surface area contributed by atoms with Crippen molar-refractivity contribution >= 4 is 0 Å². The van der Waals surface area contributed by atoms with Gasteiger partial charge in [0.25, 0.3) is 0 Å². The Labute approximate surface area is 122 Å². The molecule has 1 atom stereocenters. The summed E-state index contributed by atoms with van der Waals surface area (Å²) in [4.78, 5) is 0. The highest BCUT2D eigenvalue weighted by atomic mass is 16.5. The average molecular weight is 277 g/mol. The van der Waals surface area contributed by atoms with Crippen LogP contribution >= 0.6 is 0 Å². The van der Waals surface area contributed by atoms with Gasteiger partial charge in [0.15, 0.2) is 11.5 Å². The van der Waals surface area contributed by atoms with E-state index in [1.54, 1.807) is 0 Å². The van der Waals surface area contributed by atoms with E-state index >= 15 is 0 Å². The normalized spacial score (nSPS) is 17.1. The van der Waals surface area contributed by atoms with Crippen molar-refractivity contribution in [2.24, 2.45) is 5.92 Å². The molecule has 1 aliphatic rings. The molecule has 0 amide bonds. The number of likely N-dealkylation sites (N-methyl/N-ethyl adjacent to an activating group) is 1. The van der Waals surface area contributed by atoms with Gasteiger partial charge in [-0.25, -0.2) is 0 Å². The second-order valence-corrected chi connectivity index (χ2v) is 5.40. The molecule has 3 heteroatoms. The molecular weight excluding hydrogens is 250 g/mol. The van der Waals surface area contributed by atoms with Gasteiger partial charge in [0.2, 0.25) is 0 Å². The lowest BCUT2D eigenvalue weighted by Gasteiger charge is -2.24. The summed E-state index contributed by atoms with van der Waals surface area (Å²) in [6.45, 7) is 6.55. The predicted octanol–water partition coefficient (Wildman–Crippen LogP) is 3.63. The highest BCUT2D eigenvalue weighted by Crippen LogP contribution is 2.30. The quantitative estimate of drug-likeness (QED) is 0.787. The third-order valence-electron chi connectivity index (χ3n) is 4.00. The second-order valence-electron chi connectivity index (χ2n) is 5.40. The number of para-hydroxylation sites is 2. The zero-order valence-corrected chi connectivity index (χ0v) is 12.7. The van der Waals surface area contributed by atoms with Gasteiger partial charge in [-0.1, -0.05) is 31.9 Å². The van der Waals surface area contributed by atoms with Crippen LogP contribution < -0.4 is 14.8 Å². The van der Waals surface area contributed by atoms with Crippen LogP contribution in [0.5, 0.6) is 11.5 Å². The molecule has 1 aliphatic carbocycles. The molecule has 0 heterocycles. The Hall–Kier alpha value is -1.22. The van der Waals surface area contributed by atoms with Crippen LogP contribution in [-0.2, 0) is 0 Å². The molecule has 0 spiro atoms. The van der Waals surface area contributed by atoms with Crippen molar-refractivity contribution in [3.05, 3.63) is 24.3 Å². The fraction of sp³-hybridized carbons (Fsp3) is 0.647. The first kappa shape index (κ1) is 15.2. The molecule has 0 bridgehead atoms. The lowest BCUT2D eigenvalue weighted by molar-refractivity contribution is 0.209. The molecule has 0 aliphatic heterocycles. The summed E-state index contributed by atoms with van der Waals surface area (Å²) in [5, 5.41) is 3.58. The van der Waals surface area contributed by atoms with E-state index in [0.29, 0.717) is 12.6 Å². The summed E-state index contributed by atoms with van der Waals surface area (Å²) in [6, 6.07) is 8.39. The first-order chi connectivity index (χ1) is 9.85. The van der Waals surface area contributed by atoms with E-state index in [2.05, 4.69) is 12.2 Å². The Bertz CT molecular complexity index is 388. The smallest absolute Gasteiger partial charge is 0.161 e. The van der Waals surface area contributed by atoms with E-state index in [9.17, 15) is 0 Å². The molecule has 1 fully saturated rings. The standard InChI is InChI=1S/C17H27NO2/c1-3-18-15(14-9-5-6-10-14)13-20-17-12-8-7-11-16(17)19-4-2/h7-8,11-12,14-15,18H,3-6,9-10,13H2,1-2H3. The van der Waals surface area contributed by atoms with Gasteiger partial charge in [0.05, 0.1) is 6.61 Å². The van der Waals surface area contributed by atoms with Gasteiger partial charge in [-0.2, -0.15) is 0 Å². The van der Waals surface area contributed by atoms with E-state index < -0.39 is 0 Å². The largest absolute Gasteiger partial charge is 0.490 e. The maximum Gasteiger partial charge on any atom is 0.161 e. The molecule has 112 valence electrons. The summed E-state index contributed by atoms with van der Waals surface area (Å²) in [5.74, 6) is 2.46. The van der Waals surface area contributed by atoms with Crippen LogP contribution in [0.4, 0.5) is 0 Å². The van der Waals surface area contributed by atoms with Crippen LogP contribution in [0.25, 0.3) is 0 Å². The molecule has 1 aromatic carbocycles. The van der Waals surface area contributed by atoms with E-state index in [1.807, 2.05) is 31.2 Å². The molecule has 0 saturated heterocycles. The van der Waals surface area contributed by atoms with Gasteiger partial charge < -0.3 is 14.8 Å². The summed E-state index contributed by atoms with van der Waals surface area (Å²) in [6.07, 6.45) is 5.38. The van der Waals surface area contributed by atoms with Crippen molar-refractivity contribution in [3.63, 3.8) is 0 Å². The monoisotopic (exact) mass is 277 g/mol. The van der Waals surface area contributed by atoms with E-state index in [4.69, 9.17) is 9.47 Å². The molecule has 1 saturated carbocycles. The first-order valence-electron chi connectivity index (χ1n) is 7.93. The van der Waals surface area contributed by atoms with Crippen LogP contribution in [0.1, 0.15) is 39.5 Å². The number of ether oxygens (including phenoxy) is 2. The minimum atomic E-state index is 0.456. The predicted molar refractivity (Wildman–Crippen MR) is 82.5 cm³/mol. The summed E-state index contributed by atoms with van der Waals surface area (Å²) < 4.78 is 11.6. The number of nitrogens with one attached hydrogen (secondary N) is 1. The highest BCUT2D eigenvalue weighted by molar-refractivity contribution is 5.39. The van der Waals surface area contributed by atoms with Gasteiger partial charge in [-0.15, -0.1) is 0 Å². The molecule has 1 aromatic rings. The molecule has 1 unspecified atom stereocenters. The van der Waals surface area contributed by atoms with E-state index in [1.165, 1.54) is 25.7 Å². The molecule has 0 aromatic heterocycles. The van der Waals surface area contributed by atoms with Crippen LogP contribution in [0.2, 0.25) is 0 Å². The van der Waals surface area contributed by atoms with Crippen LogP contribution in [-0.4, -0.2) is 25.8 Å². The van der Waals surface area contributed by atoms with Crippen LogP contribution in [0.3, 0.4) is 0 Å². The van der Waals surface area contributed by atoms with E-state index in [-0.39, 0.29) is 0 Å². The van der Waals surface area contributed by atoms with Crippen molar-refractivity contribution < 1.29 is 9.47 Å². The lowest BCUT2D eigenvalue weighted by Crippen LogP contribution is -2.40. The highest BCUT2D eigenvalue weighted by Gasteiger charge is 2.25. The third-order valence-corrected chi connectivity index (χ3v) is 4.00. The molecule has 20 heavy (non-hydrogen) atoms. The zero-order valence-electron chi connectivity index (χ0n) is 12.7.